The van der Waals surface area contributed by atoms with Gasteiger partial charge in [0.2, 0.25) is 0 Å². The number of hydrogen-bond donors (Lipinski definition) is 1. The Hall–Kier alpha value is -2.36. The van der Waals surface area contributed by atoms with E-state index in [1.807, 2.05) is 0 Å². The molecule has 0 aromatic heterocycles. The van der Waals surface area contributed by atoms with Crippen molar-refractivity contribution in [3.63, 3.8) is 0 Å². The number of Topliss-reactive ketones (excluding diaryl/α,β-unsaturated/α-hetero) is 1. The number of rotatable bonds is 2. The maximum absolute atomic E-state index is 12.0. The summed E-state index contributed by atoms with van der Waals surface area (Å²) in [4.78, 5) is 24.6. The Labute approximate surface area is 99.2 Å². The van der Waals surface area contributed by atoms with Crippen LogP contribution in [0.5, 0.6) is 0 Å². The highest BCUT2D eigenvalue weighted by atomic mass is 16.2. The Bertz CT molecular complexity index is 489. The van der Waals surface area contributed by atoms with Crippen molar-refractivity contribution in [1.82, 2.24) is 10.2 Å². The molecule has 0 atom stereocenters. The van der Waals surface area contributed by atoms with Crippen LogP contribution < -0.4 is 5.32 Å². The number of nitrogens with zero attached hydrogens (tertiary/aromatic N) is 1. The maximum atomic E-state index is 12.0. The summed E-state index contributed by atoms with van der Waals surface area (Å²) in [5.74, 6) is -0.139. The first-order chi connectivity index (χ1) is 8.18. The zero-order valence-corrected chi connectivity index (χ0v) is 9.38. The lowest BCUT2D eigenvalue weighted by Gasteiger charge is -2.16. The standard InChI is InChI=1S/C13H12N2O2/c1-10(16)11-2-4-12(5-3-11)13(17)15-8-6-14-7-9-15/h2-9,14H,1H3. The number of ketones is 1. The average Bonchev–Trinajstić information content (AvgIpc) is 2.39. The smallest absolute Gasteiger partial charge is 0.261 e. The molecule has 2 rings (SSSR count). The molecule has 0 fully saturated rings. The zero-order chi connectivity index (χ0) is 12.3. The van der Waals surface area contributed by atoms with Gasteiger partial charge in [-0.25, -0.2) is 0 Å². The molecular weight excluding hydrogens is 216 g/mol. The molecule has 1 aromatic carbocycles. The Morgan fingerprint density at radius 2 is 1.53 bits per heavy atom. The van der Waals surface area contributed by atoms with Crippen LogP contribution in [0.15, 0.2) is 49.1 Å². The van der Waals surface area contributed by atoms with Gasteiger partial charge >= 0.3 is 0 Å². The van der Waals surface area contributed by atoms with Gasteiger partial charge < -0.3 is 5.32 Å². The summed E-state index contributed by atoms with van der Waals surface area (Å²) in [6.07, 6.45) is 6.62. The molecule has 1 amide bonds. The quantitative estimate of drug-likeness (QED) is 0.786. The van der Waals surface area contributed by atoms with Gasteiger partial charge in [-0.15, -0.1) is 0 Å². The van der Waals surface area contributed by atoms with Crippen LogP contribution >= 0.6 is 0 Å². The normalized spacial score (nSPS) is 13.4. The largest absolute Gasteiger partial charge is 0.365 e. The van der Waals surface area contributed by atoms with Crippen LogP contribution in [-0.2, 0) is 0 Å². The minimum absolute atomic E-state index is 0.00837. The molecular formula is C13H12N2O2. The molecule has 1 aliphatic heterocycles. The molecule has 0 spiro atoms. The van der Waals surface area contributed by atoms with Gasteiger partial charge in [0.15, 0.2) is 5.78 Å². The molecule has 0 saturated heterocycles. The van der Waals surface area contributed by atoms with Crippen LogP contribution in [0.4, 0.5) is 0 Å². The van der Waals surface area contributed by atoms with E-state index in [0.29, 0.717) is 11.1 Å². The van der Waals surface area contributed by atoms with E-state index in [-0.39, 0.29) is 11.7 Å². The predicted octanol–water partition coefficient (Wildman–Crippen LogP) is 1.88. The van der Waals surface area contributed by atoms with Gasteiger partial charge in [0.25, 0.3) is 5.91 Å². The molecule has 17 heavy (non-hydrogen) atoms. The Morgan fingerprint density at radius 1 is 1.00 bits per heavy atom. The van der Waals surface area contributed by atoms with Gasteiger partial charge in [-0.3, -0.25) is 14.5 Å². The number of amides is 1. The van der Waals surface area contributed by atoms with Crippen molar-refractivity contribution in [1.29, 1.82) is 0 Å². The molecule has 0 unspecified atom stereocenters. The summed E-state index contributed by atoms with van der Waals surface area (Å²) >= 11 is 0. The molecule has 1 aromatic rings. The number of nitrogens with one attached hydrogen (secondary N) is 1. The van der Waals surface area contributed by atoms with Crippen molar-refractivity contribution < 1.29 is 9.59 Å². The second-order valence-corrected chi connectivity index (χ2v) is 3.64. The second-order valence-electron chi connectivity index (χ2n) is 3.64. The van der Waals surface area contributed by atoms with Crippen molar-refractivity contribution in [2.45, 2.75) is 6.92 Å². The van der Waals surface area contributed by atoms with Gasteiger partial charge in [-0.2, -0.15) is 0 Å². The summed E-state index contributed by atoms with van der Waals surface area (Å²) in [6, 6.07) is 6.63. The molecule has 0 aliphatic carbocycles. The molecule has 1 heterocycles. The zero-order valence-electron chi connectivity index (χ0n) is 9.38. The number of benzene rings is 1. The molecule has 0 bridgehead atoms. The third-order valence-corrected chi connectivity index (χ3v) is 2.44. The summed E-state index contributed by atoms with van der Waals surface area (Å²) < 4.78 is 0. The fourth-order valence-corrected chi connectivity index (χ4v) is 1.48. The third-order valence-electron chi connectivity index (χ3n) is 2.44. The SMILES string of the molecule is CC(=O)c1ccc(C(=O)N2C=CNC=C2)cc1. The van der Waals surface area contributed by atoms with Gasteiger partial charge in [0.05, 0.1) is 0 Å². The van der Waals surface area contributed by atoms with Crippen LogP contribution in [0, 0.1) is 0 Å². The van der Waals surface area contributed by atoms with E-state index in [1.54, 1.807) is 49.1 Å². The van der Waals surface area contributed by atoms with Crippen LogP contribution in [0.3, 0.4) is 0 Å². The fraction of sp³-hybridized carbons (Fsp3) is 0.0769. The maximum Gasteiger partial charge on any atom is 0.261 e. The first kappa shape index (κ1) is 11.1. The lowest BCUT2D eigenvalue weighted by Crippen LogP contribution is -2.23. The molecule has 1 aliphatic rings. The van der Waals surface area contributed by atoms with Crippen molar-refractivity contribution in [2.24, 2.45) is 0 Å². The van der Waals surface area contributed by atoms with Gasteiger partial charge in [0.1, 0.15) is 0 Å². The molecule has 86 valence electrons. The van der Waals surface area contributed by atoms with Gasteiger partial charge in [-0.05, 0) is 19.1 Å². The molecule has 1 N–H and O–H groups in total. The predicted molar refractivity (Wildman–Crippen MR) is 64.0 cm³/mol. The summed E-state index contributed by atoms with van der Waals surface area (Å²) in [6.45, 7) is 1.50. The average molecular weight is 228 g/mol. The van der Waals surface area contributed by atoms with E-state index < -0.39 is 0 Å². The second kappa shape index (κ2) is 4.65. The van der Waals surface area contributed by atoms with Crippen LogP contribution in [-0.4, -0.2) is 16.6 Å². The number of carbonyl (C=O) groups excluding carboxylic acids is 2. The van der Waals surface area contributed by atoms with Crippen molar-refractivity contribution in [2.75, 3.05) is 0 Å². The van der Waals surface area contributed by atoms with Crippen molar-refractivity contribution in [3.05, 3.63) is 60.2 Å². The van der Waals surface area contributed by atoms with Crippen LogP contribution in [0.1, 0.15) is 27.6 Å². The lowest BCUT2D eigenvalue weighted by atomic mass is 10.1. The monoisotopic (exact) mass is 228 g/mol. The Balaban J connectivity index is 2.19. The lowest BCUT2D eigenvalue weighted by molar-refractivity contribution is 0.0866. The van der Waals surface area contributed by atoms with E-state index >= 15 is 0 Å². The Kier molecular flexibility index (Phi) is 3.05. The summed E-state index contributed by atoms with van der Waals surface area (Å²) in [7, 11) is 0. The van der Waals surface area contributed by atoms with Gasteiger partial charge in [-0.1, -0.05) is 12.1 Å². The summed E-state index contributed by atoms with van der Waals surface area (Å²) in [5.41, 5.74) is 1.15. The fourth-order valence-electron chi connectivity index (χ4n) is 1.48. The molecule has 0 radical (unpaired) electrons. The van der Waals surface area contributed by atoms with Gasteiger partial charge in [0, 0.05) is 35.9 Å². The first-order valence-corrected chi connectivity index (χ1v) is 5.21. The first-order valence-electron chi connectivity index (χ1n) is 5.21. The third kappa shape index (κ3) is 2.42. The van der Waals surface area contributed by atoms with E-state index in [2.05, 4.69) is 5.32 Å². The van der Waals surface area contributed by atoms with E-state index in [4.69, 9.17) is 0 Å². The molecule has 0 saturated carbocycles. The minimum Gasteiger partial charge on any atom is -0.365 e. The Morgan fingerprint density at radius 3 is 2.06 bits per heavy atom. The number of hydrogen-bond acceptors (Lipinski definition) is 3. The highest BCUT2D eigenvalue weighted by molar-refractivity contribution is 5.98. The molecule has 4 nitrogen and oxygen atoms in total. The van der Waals surface area contributed by atoms with Crippen LogP contribution in [0.2, 0.25) is 0 Å². The van der Waals surface area contributed by atoms with Crippen LogP contribution in [0.25, 0.3) is 0 Å². The van der Waals surface area contributed by atoms with Crippen molar-refractivity contribution in [3.8, 4) is 0 Å². The highest BCUT2D eigenvalue weighted by Crippen LogP contribution is 2.10. The molecule has 4 heteroatoms. The number of carbonyl (C=O) groups is 2. The summed E-state index contributed by atoms with van der Waals surface area (Å²) in [5, 5.41) is 2.85. The highest BCUT2D eigenvalue weighted by Gasteiger charge is 2.12. The van der Waals surface area contributed by atoms with E-state index in [0.717, 1.165) is 0 Å². The minimum atomic E-state index is -0.130. The van der Waals surface area contributed by atoms with E-state index in [1.165, 1.54) is 11.8 Å². The van der Waals surface area contributed by atoms with E-state index in [9.17, 15) is 9.59 Å². The topological polar surface area (TPSA) is 49.4 Å². The van der Waals surface area contributed by atoms with Crippen molar-refractivity contribution >= 4 is 11.7 Å².